The summed E-state index contributed by atoms with van der Waals surface area (Å²) < 4.78 is 1.54. The van der Waals surface area contributed by atoms with E-state index in [0.29, 0.717) is 35.5 Å². The van der Waals surface area contributed by atoms with Crippen molar-refractivity contribution in [1.82, 2.24) is 9.55 Å². The number of pyridine rings is 2. The van der Waals surface area contributed by atoms with Crippen LogP contribution < -0.4 is 21.9 Å². The van der Waals surface area contributed by atoms with Crippen LogP contribution in [0.4, 0.5) is 11.4 Å². The molecule has 8 nitrogen and oxygen atoms in total. The van der Waals surface area contributed by atoms with Crippen molar-refractivity contribution in [2.24, 2.45) is 12.8 Å². The van der Waals surface area contributed by atoms with Crippen molar-refractivity contribution in [1.29, 1.82) is 0 Å². The van der Waals surface area contributed by atoms with E-state index >= 15 is 0 Å². The minimum absolute atomic E-state index is 0.0119. The molecule has 2 heterocycles. The molecule has 0 atom stereocenters. The number of nitrogens with zero attached hydrogens (tertiary/aromatic N) is 2. The lowest BCUT2D eigenvalue weighted by molar-refractivity contribution is 0.0997. The lowest BCUT2D eigenvalue weighted by atomic mass is 9.86. The summed E-state index contributed by atoms with van der Waals surface area (Å²) in [5.41, 5.74) is 11.8. The van der Waals surface area contributed by atoms with Gasteiger partial charge in [-0.05, 0) is 65.4 Å². The molecule has 0 unspecified atom stereocenters. The van der Waals surface area contributed by atoms with Crippen LogP contribution in [0.25, 0.3) is 11.1 Å². The van der Waals surface area contributed by atoms with Gasteiger partial charge in [0.1, 0.15) is 5.69 Å². The number of amides is 2. The zero-order valence-corrected chi connectivity index (χ0v) is 23.5. The molecule has 0 bridgehead atoms. The molecule has 0 saturated heterocycles. The summed E-state index contributed by atoms with van der Waals surface area (Å²) in [6.45, 7) is 8.84. The van der Waals surface area contributed by atoms with Gasteiger partial charge in [-0.2, -0.15) is 0 Å². The van der Waals surface area contributed by atoms with E-state index in [0.717, 1.165) is 22.4 Å². The van der Waals surface area contributed by atoms with Gasteiger partial charge in [0.25, 0.3) is 11.5 Å². The first-order valence-electron chi connectivity index (χ1n) is 13.1. The molecule has 4 N–H and O–H groups in total. The van der Waals surface area contributed by atoms with Crippen molar-refractivity contribution < 1.29 is 9.59 Å². The Morgan fingerprint density at radius 3 is 2.30 bits per heavy atom. The van der Waals surface area contributed by atoms with Gasteiger partial charge in [0.2, 0.25) is 5.91 Å². The topological polar surface area (TPSA) is 119 Å². The van der Waals surface area contributed by atoms with Gasteiger partial charge in [0.15, 0.2) is 0 Å². The van der Waals surface area contributed by atoms with Crippen LogP contribution in [0, 0.1) is 6.92 Å². The van der Waals surface area contributed by atoms with E-state index in [2.05, 4.69) is 36.4 Å². The lowest BCUT2D eigenvalue weighted by Crippen LogP contribution is -2.22. The van der Waals surface area contributed by atoms with E-state index in [1.54, 1.807) is 29.9 Å². The quantitative estimate of drug-likeness (QED) is 0.290. The number of primary amides is 1. The number of nitrogens with two attached hydrogens (primary N) is 1. The van der Waals surface area contributed by atoms with Gasteiger partial charge in [-0.3, -0.25) is 19.4 Å². The number of hydrogen-bond donors (Lipinski definition) is 3. The van der Waals surface area contributed by atoms with Crippen LogP contribution in [0.1, 0.15) is 58.3 Å². The van der Waals surface area contributed by atoms with Gasteiger partial charge in [-0.25, -0.2) is 0 Å². The van der Waals surface area contributed by atoms with Crippen LogP contribution in [0.2, 0.25) is 0 Å². The number of rotatable bonds is 8. The van der Waals surface area contributed by atoms with Crippen LogP contribution in [-0.2, 0) is 18.9 Å². The number of anilines is 2. The fourth-order valence-electron chi connectivity index (χ4n) is 4.43. The highest BCUT2D eigenvalue weighted by Gasteiger charge is 2.16. The minimum Gasteiger partial charge on any atom is -0.380 e. The third-order valence-corrected chi connectivity index (χ3v) is 6.90. The Labute approximate surface area is 234 Å². The minimum atomic E-state index is -0.522. The fraction of sp³-hybridized carbons (Fsp3) is 0.250. The molecule has 2 aromatic heterocycles. The normalized spacial score (nSPS) is 11.2. The maximum absolute atomic E-state index is 13.0. The van der Waals surface area contributed by atoms with Crippen molar-refractivity contribution in [3.05, 3.63) is 111 Å². The first-order valence-corrected chi connectivity index (χ1v) is 13.1. The molecule has 2 aromatic carbocycles. The Balaban J connectivity index is 1.51. The predicted molar refractivity (Wildman–Crippen MR) is 160 cm³/mol. The molecular formula is C32H35N5O3. The molecule has 0 saturated carbocycles. The van der Waals surface area contributed by atoms with Gasteiger partial charge in [0, 0.05) is 54.9 Å². The first-order chi connectivity index (χ1) is 18.9. The molecule has 0 fully saturated rings. The van der Waals surface area contributed by atoms with E-state index in [1.807, 2.05) is 55.5 Å². The second-order valence-corrected chi connectivity index (χ2v) is 10.9. The lowest BCUT2D eigenvalue weighted by Gasteiger charge is -2.19. The van der Waals surface area contributed by atoms with Crippen LogP contribution in [0.5, 0.6) is 0 Å². The second-order valence-electron chi connectivity index (χ2n) is 10.9. The number of nitrogens with one attached hydrogen (secondary N) is 2. The van der Waals surface area contributed by atoms with Crippen molar-refractivity contribution in [3.63, 3.8) is 0 Å². The average molecular weight is 538 g/mol. The van der Waals surface area contributed by atoms with Gasteiger partial charge in [-0.15, -0.1) is 0 Å². The maximum atomic E-state index is 13.0. The van der Waals surface area contributed by atoms with Crippen molar-refractivity contribution >= 4 is 23.2 Å². The van der Waals surface area contributed by atoms with Gasteiger partial charge >= 0.3 is 0 Å². The van der Waals surface area contributed by atoms with E-state index < -0.39 is 5.91 Å². The molecule has 0 aliphatic heterocycles. The zero-order valence-electron chi connectivity index (χ0n) is 23.5. The molecule has 8 heteroatoms. The second kappa shape index (κ2) is 11.6. The molecule has 0 aliphatic carbocycles. The van der Waals surface area contributed by atoms with Crippen molar-refractivity contribution in [2.75, 3.05) is 17.2 Å². The highest BCUT2D eigenvalue weighted by molar-refractivity contribution is 6.05. The molecule has 0 radical (unpaired) electrons. The molecule has 0 aliphatic rings. The van der Waals surface area contributed by atoms with E-state index in [4.69, 9.17) is 5.73 Å². The van der Waals surface area contributed by atoms with Crippen molar-refractivity contribution in [3.8, 4) is 11.1 Å². The van der Waals surface area contributed by atoms with E-state index in [9.17, 15) is 14.4 Å². The molecular weight excluding hydrogens is 502 g/mol. The standard InChI is InChI=1S/C32H35N5O3/c1-20-26(7-6-8-27(20)36-30(39)21-9-12-24(13-10-21)32(2,3)4)23-17-28(31(40)37(5)19-23)34-16-15-25-14-11-22(18-35-25)29(33)38/h6-14,17-19,34H,15-16H2,1-5H3,(H2,33,38)(H,36,39). The molecule has 4 aromatic rings. The molecule has 4 rings (SSSR count). The highest BCUT2D eigenvalue weighted by atomic mass is 16.2. The summed E-state index contributed by atoms with van der Waals surface area (Å²) in [5.74, 6) is -0.702. The Hall–Kier alpha value is -4.72. The predicted octanol–water partition coefficient (Wildman–Crippen LogP) is 5.06. The largest absolute Gasteiger partial charge is 0.380 e. The molecule has 206 valence electrons. The number of aromatic nitrogens is 2. The summed E-state index contributed by atoms with van der Waals surface area (Å²) in [7, 11) is 1.71. The fourth-order valence-corrected chi connectivity index (χ4v) is 4.43. The number of hydrogen-bond acceptors (Lipinski definition) is 5. The van der Waals surface area contributed by atoms with Gasteiger partial charge in [0.05, 0.1) is 5.56 Å². The van der Waals surface area contributed by atoms with Gasteiger partial charge in [-0.1, -0.05) is 45.0 Å². The Bertz CT molecular complexity index is 1600. The Morgan fingerprint density at radius 1 is 0.975 bits per heavy atom. The molecule has 40 heavy (non-hydrogen) atoms. The van der Waals surface area contributed by atoms with E-state index in [-0.39, 0.29) is 16.9 Å². The number of carbonyl (C=O) groups is 2. The number of carbonyl (C=O) groups excluding carboxylic acids is 2. The number of benzene rings is 2. The van der Waals surface area contributed by atoms with Gasteiger partial charge < -0.3 is 20.9 Å². The van der Waals surface area contributed by atoms with Crippen LogP contribution >= 0.6 is 0 Å². The third kappa shape index (κ3) is 6.46. The first kappa shape index (κ1) is 28.3. The summed E-state index contributed by atoms with van der Waals surface area (Å²) in [6, 6.07) is 18.6. The monoisotopic (exact) mass is 537 g/mol. The summed E-state index contributed by atoms with van der Waals surface area (Å²) in [5, 5.41) is 6.26. The average Bonchev–Trinajstić information content (AvgIpc) is 2.92. The van der Waals surface area contributed by atoms with Crippen LogP contribution in [0.15, 0.2) is 77.9 Å². The Morgan fingerprint density at radius 2 is 1.68 bits per heavy atom. The molecule has 0 spiro atoms. The van der Waals surface area contributed by atoms with Crippen LogP contribution in [-0.4, -0.2) is 27.9 Å². The third-order valence-electron chi connectivity index (χ3n) is 6.90. The maximum Gasteiger partial charge on any atom is 0.273 e. The van der Waals surface area contributed by atoms with Crippen LogP contribution in [0.3, 0.4) is 0 Å². The molecule has 2 amide bonds. The summed E-state index contributed by atoms with van der Waals surface area (Å²) in [4.78, 5) is 41.4. The Kier molecular flexibility index (Phi) is 8.18. The smallest absolute Gasteiger partial charge is 0.273 e. The summed E-state index contributed by atoms with van der Waals surface area (Å²) in [6.07, 6.45) is 3.80. The zero-order chi connectivity index (χ0) is 29.0. The SMILES string of the molecule is Cc1c(NC(=O)c2ccc(C(C)(C)C)cc2)cccc1-c1cc(NCCc2ccc(C(N)=O)cn2)c(=O)n(C)c1. The number of aryl methyl sites for hydroxylation is 1. The summed E-state index contributed by atoms with van der Waals surface area (Å²) >= 11 is 0. The van der Waals surface area contributed by atoms with Crippen molar-refractivity contribution in [2.45, 2.75) is 39.5 Å². The highest BCUT2D eigenvalue weighted by Crippen LogP contribution is 2.30. The van der Waals surface area contributed by atoms with E-state index in [1.165, 1.54) is 11.8 Å².